The summed E-state index contributed by atoms with van der Waals surface area (Å²) in [6.07, 6.45) is -4.51. The van der Waals surface area contributed by atoms with Gasteiger partial charge in [0.1, 0.15) is 5.75 Å². The average Bonchev–Trinajstić information content (AvgIpc) is 2.68. The fourth-order valence-corrected chi connectivity index (χ4v) is 4.08. The van der Waals surface area contributed by atoms with Gasteiger partial charge in [-0.1, -0.05) is 19.1 Å². The highest BCUT2D eigenvalue weighted by Gasteiger charge is 2.31. The Morgan fingerprint density at radius 2 is 1.93 bits per heavy atom. The van der Waals surface area contributed by atoms with Gasteiger partial charge in [-0.2, -0.15) is 13.2 Å². The van der Waals surface area contributed by atoms with Crippen LogP contribution in [0.1, 0.15) is 35.3 Å². The van der Waals surface area contributed by atoms with E-state index in [4.69, 9.17) is 4.74 Å². The van der Waals surface area contributed by atoms with Crippen LogP contribution < -0.4 is 4.74 Å². The molecule has 0 atom stereocenters. The standard InChI is InChI=1S/C22H20F3NO3S/c1-4-29-17-11-16-15(10-18(17)30-5-2)19(21(27)28)12(3)20(26-16)13-7-6-8-14(9-13)22(23,24)25/h6-11H,4-5H2,1-3H3,(H,27,28). The Hall–Kier alpha value is -2.74. The van der Waals surface area contributed by atoms with E-state index in [-0.39, 0.29) is 16.8 Å². The van der Waals surface area contributed by atoms with Gasteiger partial charge in [-0.15, -0.1) is 11.8 Å². The Balaban J connectivity index is 2.33. The number of aromatic nitrogens is 1. The normalized spacial score (nSPS) is 11.7. The van der Waals surface area contributed by atoms with Gasteiger partial charge in [-0.25, -0.2) is 9.78 Å². The monoisotopic (exact) mass is 435 g/mol. The van der Waals surface area contributed by atoms with E-state index in [2.05, 4.69) is 4.98 Å². The van der Waals surface area contributed by atoms with Crippen LogP contribution in [0.3, 0.4) is 0 Å². The number of hydrogen-bond acceptors (Lipinski definition) is 4. The molecule has 0 fully saturated rings. The predicted molar refractivity (Wildman–Crippen MR) is 111 cm³/mol. The van der Waals surface area contributed by atoms with Gasteiger partial charge < -0.3 is 9.84 Å². The van der Waals surface area contributed by atoms with Crippen molar-refractivity contribution in [2.45, 2.75) is 31.8 Å². The number of thioether (sulfide) groups is 1. The fraction of sp³-hybridized carbons (Fsp3) is 0.273. The van der Waals surface area contributed by atoms with Crippen molar-refractivity contribution in [3.63, 3.8) is 0 Å². The summed E-state index contributed by atoms with van der Waals surface area (Å²) in [7, 11) is 0. The van der Waals surface area contributed by atoms with Crippen molar-refractivity contribution in [2.24, 2.45) is 0 Å². The molecule has 0 amide bonds. The highest BCUT2D eigenvalue weighted by molar-refractivity contribution is 7.99. The second kappa shape index (κ2) is 8.55. The van der Waals surface area contributed by atoms with Crippen molar-refractivity contribution in [2.75, 3.05) is 12.4 Å². The number of hydrogen-bond donors (Lipinski definition) is 1. The molecule has 1 aromatic heterocycles. The predicted octanol–water partition coefficient (Wildman–Crippen LogP) is 6.44. The molecule has 3 rings (SSSR count). The third-order valence-electron chi connectivity index (χ3n) is 4.57. The summed E-state index contributed by atoms with van der Waals surface area (Å²) in [5.74, 6) is 0.173. The number of carboxylic acids is 1. The third-order valence-corrected chi connectivity index (χ3v) is 5.49. The van der Waals surface area contributed by atoms with Gasteiger partial charge in [0.05, 0.1) is 33.8 Å². The second-order valence-corrected chi connectivity index (χ2v) is 7.83. The van der Waals surface area contributed by atoms with Crippen LogP contribution in [0.15, 0.2) is 41.3 Å². The molecule has 30 heavy (non-hydrogen) atoms. The minimum absolute atomic E-state index is 0.0217. The molecule has 0 aliphatic carbocycles. The number of fused-ring (bicyclic) bond motifs is 1. The largest absolute Gasteiger partial charge is 0.493 e. The molecule has 0 saturated carbocycles. The molecule has 0 spiro atoms. The van der Waals surface area contributed by atoms with Gasteiger partial charge in [0, 0.05) is 17.0 Å². The fourth-order valence-electron chi connectivity index (χ4n) is 3.30. The summed E-state index contributed by atoms with van der Waals surface area (Å²) in [5, 5.41) is 10.3. The van der Waals surface area contributed by atoms with E-state index in [1.54, 1.807) is 19.1 Å². The van der Waals surface area contributed by atoms with Crippen molar-refractivity contribution in [3.8, 4) is 17.0 Å². The molecule has 3 aromatic rings. The molecule has 1 heterocycles. The van der Waals surface area contributed by atoms with Crippen LogP contribution in [-0.4, -0.2) is 28.4 Å². The first-order valence-corrected chi connectivity index (χ1v) is 10.3. The summed E-state index contributed by atoms with van der Waals surface area (Å²) in [4.78, 5) is 17.4. The van der Waals surface area contributed by atoms with Gasteiger partial charge in [0.25, 0.3) is 0 Å². The van der Waals surface area contributed by atoms with Gasteiger partial charge in [-0.05, 0) is 43.4 Å². The lowest BCUT2D eigenvalue weighted by Crippen LogP contribution is -2.07. The van der Waals surface area contributed by atoms with E-state index in [1.807, 2.05) is 13.8 Å². The second-order valence-electron chi connectivity index (χ2n) is 6.53. The number of ether oxygens (including phenoxy) is 1. The Labute approximate surface area is 176 Å². The van der Waals surface area contributed by atoms with Crippen LogP contribution in [0.2, 0.25) is 0 Å². The molecule has 0 unspecified atom stereocenters. The zero-order chi connectivity index (χ0) is 22.1. The lowest BCUT2D eigenvalue weighted by atomic mass is 9.96. The minimum atomic E-state index is -4.51. The molecule has 0 aliphatic rings. The molecule has 158 valence electrons. The van der Waals surface area contributed by atoms with E-state index >= 15 is 0 Å². The van der Waals surface area contributed by atoms with Crippen LogP contribution in [-0.2, 0) is 6.18 Å². The van der Waals surface area contributed by atoms with Crippen molar-refractivity contribution < 1.29 is 27.8 Å². The molecule has 4 nitrogen and oxygen atoms in total. The maximum atomic E-state index is 13.2. The smallest absolute Gasteiger partial charge is 0.416 e. The Bertz CT molecular complexity index is 1110. The van der Waals surface area contributed by atoms with Gasteiger partial charge in [-0.3, -0.25) is 0 Å². The highest BCUT2D eigenvalue weighted by atomic mass is 32.2. The zero-order valence-corrected chi connectivity index (χ0v) is 17.4. The number of halogens is 3. The van der Waals surface area contributed by atoms with Crippen LogP contribution in [0, 0.1) is 6.92 Å². The van der Waals surface area contributed by atoms with Crippen LogP contribution in [0.25, 0.3) is 22.2 Å². The van der Waals surface area contributed by atoms with E-state index in [0.29, 0.717) is 28.8 Å². The quantitative estimate of drug-likeness (QED) is 0.452. The first-order chi connectivity index (χ1) is 14.2. The summed E-state index contributed by atoms with van der Waals surface area (Å²) in [6, 6.07) is 8.12. The summed E-state index contributed by atoms with van der Waals surface area (Å²) in [6.45, 7) is 5.79. The lowest BCUT2D eigenvalue weighted by Gasteiger charge is -2.16. The first-order valence-electron chi connectivity index (χ1n) is 9.32. The number of carboxylic acid groups (broad SMARTS) is 1. The van der Waals surface area contributed by atoms with Crippen LogP contribution in [0.5, 0.6) is 5.75 Å². The number of benzene rings is 2. The van der Waals surface area contributed by atoms with Gasteiger partial charge in [0.15, 0.2) is 0 Å². The maximum Gasteiger partial charge on any atom is 0.416 e. The molecular weight excluding hydrogens is 415 g/mol. The average molecular weight is 435 g/mol. The van der Waals surface area contributed by atoms with Crippen molar-refractivity contribution in [3.05, 3.63) is 53.1 Å². The maximum absolute atomic E-state index is 13.2. The van der Waals surface area contributed by atoms with Gasteiger partial charge >= 0.3 is 12.1 Å². The molecule has 0 radical (unpaired) electrons. The summed E-state index contributed by atoms with van der Waals surface area (Å²) in [5.41, 5.74) is 0.276. The van der Waals surface area contributed by atoms with Gasteiger partial charge in [0.2, 0.25) is 0 Å². The Morgan fingerprint density at radius 3 is 2.53 bits per heavy atom. The number of nitrogens with zero attached hydrogens (tertiary/aromatic N) is 1. The molecule has 0 saturated heterocycles. The van der Waals surface area contributed by atoms with Crippen molar-refractivity contribution in [1.29, 1.82) is 0 Å². The lowest BCUT2D eigenvalue weighted by molar-refractivity contribution is -0.137. The molecule has 1 N–H and O–H groups in total. The molecule has 0 aliphatic heterocycles. The van der Waals surface area contributed by atoms with Crippen LogP contribution >= 0.6 is 11.8 Å². The highest BCUT2D eigenvalue weighted by Crippen LogP contribution is 2.38. The van der Waals surface area contributed by atoms with E-state index < -0.39 is 17.7 Å². The number of pyridine rings is 1. The number of alkyl halides is 3. The van der Waals surface area contributed by atoms with Crippen LogP contribution in [0.4, 0.5) is 13.2 Å². The first kappa shape index (κ1) is 22.0. The van der Waals surface area contributed by atoms with Crippen molar-refractivity contribution >= 4 is 28.6 Å². The minimum Gasteiger partial charge on any atom is -0.493 e. The number of carbonyl (C=O) groups is 1. The molecular formula is C22H20F3NO3S. The number of aromatic carboxylic acids is 1. The topological polar surface area (TPSA) is 59.4 Å². The molecule has 2 aromatic carbocycles. The summed E-state index contributed by atoms with van der Waals surface area (Å²) >= 11 is 1.52. The third kappa shape index (κ3) is 4.23. The SMILES string of the molecule is CCOc1cc2nc(-c3cccc(C(F)(F)F)c3)c(C)c(C(=O)O)c2cc1SCC. The number of rotatable bonds is 6. The molecule has 8 heteroatoms. The Morgan fingerprint density at radius 1 is 1.20 bits per heavy atom. The van der Waals surface area contributed by atoms with Crippen molar-refractivity contribution in [1.82, 2.24) is 4.98 Å². The Kier molecular flexibility index (Phi) is 6.26. The zero-order valence-electron chi connectivity index (χ0n) is 16.6. The van der Waals surface area contributed by atoms with E-state index in [0.717, 1.165) is 22.8 Å². The van der Waals surface area contributed by atoms with E-state index in [1.165, 1.54) is 23.9 Å². The van der Waals surface area contributed by atoms with E-state index in [9.17, 15) is 23.1 Å². The molecule has 0 bridgehead atoms. The summed E-state index contributed by atoms with van der Waals surface area (Å²) < 4.78 is 45.2.